The minimum absolute atomic E-state index is 0.348. The number of hydrogen-bond acceptors (Lipinski definition) is 4. The highest BCUT2D eigenvalue weighted by Crippen LogP contribution is 2.38. The Balaban J connectivity index is 1.72. The topological polar surface area (TPSA) is 42.2 Å². The number of nitrogens with zero attached hydrogens (tertiary/aromatic N) is 3. The van der Waals surface area contributed by atoms with Crippen LogP contribution in [0.5, 0.6) is 0 Å². The molecule has 0 atom stereocenters. The summed E-state index contributed by atoms with van der Waals surface area (Å²) in [6.45, 7) is 0. The SMILES string of the molecule is Fc1cnccc1-c1nc2scc(-c3ccccc3)n2c1NC1CCCC1. The van der Waals surface area contributed by atoms with E-state index in [-0.39, 0.29) is 5.82 Å². The van der Waals surface area contributed by atoms with Gasteiger partial charge in [0.25, 0.3) is 0 Å². The van der Waals surface area contributed by atoms with E-state index in [1.54, 1.807) is 23.6 Å². The van der Waals surface area contributed by atoms with Crippen molar-refractivity contribution >= 4 is 22.1 Å². The van der Waals surface area contributed by atoms with Gasteiger partial charge in [-0.2, -0.15) is 0 Å². The molecule has 0 bridgehead atoms. The summed E-state index contributed by atoms with van der Waals surface area (Å²) in [5.41, 5.74) is 3.34. The molecule has 5 rings (SSSR count). The fourth-order valence-corrected chi connectivity index (χ4v) is 4.72. The van der Waals surface area contributed by atoms with E-state index in [4.69, 9.17) is 4.98 Å². The van der Waals surface area contributed by atoms with Gasteiger partial charge in [0.15, 0.2) is 10.8 Å². The summed E-state index contributed by atoms with van der Waals surface area (Å²) in [4.78, 5) is 9.53. The summed E-state index contributed by atoms with van der Waals surface area (Å²) in [7, 11) is 0. The Morgan fingerprint density at radius 3 is 2.70 bits per heavy atom. The van der Waals surface area contributed by atoms with Gasteiger partial charge in [0.05, 0.1) is 11.9 Å². The summed E-state index contributed by atoms with van der Waals surface area (Å²) in [5, 5.41) is 5.79. The van der Waals surface area contributed by atoms with Crippen molar-refractivity contribution in [1.29, 1.82) is 0 Å². The van der Waals surface area contributed by atoms with Crippen LogP contribution in [0.2, 0.25) is 0 Å². The number of thiazole rings is 1. The maximum Gasteiger partial charge on any atom is 0.196 e. The summed E-state index contributed by atoms with van der Waals surface area (Å²) in [6, 6.07) is 12.4. The fourth-order valence-electron chi connectivity index (χ4n) is 3.82. The van der Waals surface area contributed by atoms with Crippen LogP contribution >= 0.6 is 11.3 Å². The molecule has 3 aromatic heterocycles. The number of anilines is 1. The zero-order valence-corrected chi connectivity index (χ0v) is 15.5. The van der Waals surface area contributed by atoms with E-state index in [9.17, 15) is 4.39 Å². The summed E-state index contributed by atoms with van der Waals surface area (Å²) >= 11 is 1.58. The number of nitrogens with one attached hydrogen (secondary N) is 1. The Labute approximate surface area is 160 Å². The lowest BCUT2D eigenvalue weighted by Crippen LogP contribution is -2.16. The van der Waals surface area contributed by atoms with Gasteiger partial charge in [-0.15, -0.1) is 11.3 Å². The highest BCUT2D eigenvalue weighted by atomic mass is 32.1. The first kappa shape index (κ1) is 16.4. The van der Waals surface area contributed by atoms with E-state index < -0.39 is 0 Å². The molecule has 27 heavy (non-hydrogen) atoms. The van der Waals surface area contributed by atoms with E-state index >= 15 is 0 Å². The molecule has 1 aliphatic rings. The van der Waals surface area contributed by atoms with Gasteiger partial charge < -0.3 is 5.32 Å². The summed E-state index contributed by atoms with van der Waals surface area (Å²) in [6.07, 6.45) is 7.59. The van der Waals surface area contributed by atoms with Crippen molar-refractivity contribution in [2.75, 3.05) is 5.32 Å². The number of imidazole rings is 1. The van der Waals surface area contributed by atoms with Crippen LogP contribution in [0.3, 0.4) is 0 Å². The molecular formula is C21H19FN4S. The molecule has 0 amide bonds. The standard InChI is InChI=1S/C21H19FN4S/c22-17-12-23-11-10-16(17)19-20(24-15-8-4-5-9-15)26-18(13-27-21(26)25-19)14-6-2-1-3-7-14/h1-3,6-7,10-13,15,24H,4-5,8-9H2. The quantitative estimate of drug-likeness (QED) is 0.501. The lowest BCUT2D eigenvalue weighted by molar-refractivity contribution is 0.624. The second-order valence-electron chi connectivity index (χ2n) is 6.90. The normalized spacial score (nSPS) is 14.9. The Hall–Kier alpha value is -2.73. The minimum atomic E-state index is -0.348. The van der Waals surface area contributed by atoms with Gasteiger partial charge in [-0.25, -0.2) is 9.37 Å². The largest absolute Gasteiger partial charge is 0.367 e. The van der Waals surface area contributed by atoms with Crippen molar-refractivity contribution < 1.29 is 4.39 Å². The molecule has 0 aliphatic heterocycles. The average molecular weight is 378 g/mol. The molecule has 1 aliphatic carbocycles. The van der Waals surface area contributed by atoms with Gasteiger partial charge in [-0.3, -0.25) is 9.38 Å². The minimum Gasteiger partial charge on any atom is -0.367 e. The zero-order chi connectivity index (χ0) is 18.2. The third kappa shape index (κ3) is 2.90. The van der Waals surface area contributed by atoms with Crippen LogP contribution in [0, 0.1) is 5.82 Å². The first-order valence-corrected chi connectivity index (χ1v) is 10.1. The highest BCUT2D eigenvalue weighted by molar-refractivity contribution is 7.15. The van der Waals surface area contributed by atoms with Gasteiger partial charge in [-0.1, -0.05) is 43.2 Å². The van der Waals surface area contributed by atoms with Crippen molar-refractivity contribution in [3.05, 3.63) is 60.0 Å². The maximum atomic E-state index is 14.5. The van der Waals surface area contributed by atoms with Crippen LogP contribution in [0.15, 0.2) is 54.2 Å². The van der Waals surface area contributed by atoms with Crippen molar-refractivity contribution in [2.45, 2.75) is 31.7 Å². The van der Waals surface area contributed by atoms with Crippen LogP contribution in [-0.2, 0) is 0 Å². The second kappa shape index (κ2) is 6.78. The number of rotatable bonds is 4. The predicted molar refractivity (Wildman–Crippen MR) is 108 cm³/mol. The molecule has 0 spiro atoms. The predicted octanol–water partition coefficient (Wildman–Crippen LogP) is 5.62. The van der Waals surface area contributed by atoms with Gasteiger partial charge in [0.1, 0.15) is 11.5 Å². The molecule has 0 saturated heterocycles. The number of hydrogen-bond donors (Lipinski definition) is 1. The van der Waals surface area contributed by atoms with Gasteiger partial charge >= 0.3 is 0 Å². The maximum absolute atomic E-state index is 14.5. The number of fused-ring (bicyclic) bond motifs is 1. The average Bonchev–Trinajstić information content (AvgIpc) is 3.42. The Morgan fingerprint density at radius 1 is 1.11 bits per heavy atom. The van der Waals surface area contributed by atoms with Crippen LogP contribution in [0.1, 0.15) is 25.7 Å². The number of halogens is 1. The second-order valence-corrected chi connectivity index (χ2v) is 7.73. The smallest absolute Gasteiger partial charge is 0.196 e. The molecule has 0 unspecified atom stereocenters. The van der Waals surface area contributed by atoms with Crippen LogP contribution in [0.25, 0.3) is 27.5 Å². The number of aromatic nitrogens is 3. The number of pyridine rings is 1. The molecule has 1 aromatic carbocycles. The summed E-state index contributed by atoms with van der Waals surface area (Å²) in [5.74, 6) is 0.529. The molecule has 6 heteroatoms. The van der Waals surface area contributed by atoms with Crippen molar-refractivity contribution in [2.24, 2.45) is 0 Å². The molecular weight excluding hydrogens is 359 g/mol. The molecule has 4 aromatic rings. The van der Waals surface area contributed by atoms with E-state index in [0.717, 1.165) is 34.9 Å². The Kier molecular flexibility index (Phi) is 4.13. The van der Waals surface area contributed by atoms with Crippen LogP contribution in [0.4, 0.5) is 10.2 Å². The monoisotopic (exact) mass is 378 g/mol. The third-order valence-corrected chi connectivity index (χ3v) is 5.98. The van der Waals surface area contributed by atoms with Crippen molar-refractivity contribution in [3.63, 3.8) is 0 Å². The lowest BCUT2D eigenvalue weighted by Gasteiger charge is -2.15. The number of benzene rings is 1. The van der Waals surface area contributed by atoms with Gasteiger partial charge in [0, 0.05) is 23.2 Å². The molecule has 0 radical (unpaired) electrons. The fraction of sp³-hybridized carbons (Fsp3) is 0.238. The van der Waals surface area contributed by atoms with Crippen molar-refractivity contribution in [3.8, 4) is 22.5 Å². The molecule has 1 fully saturated rings. The van der Waals surface area contributed by atoms with Crippen molar-refractivity contribution in [1.82, 2.24) is 14.4 Å². The van der Waals surface area contributed by atoms with Crippen LogP contribution < -0.4 is 5.32 Å². The van der Waals surface area contributed by atoms with Gasteiger partial charge in [-0.05, 0) is 24.5 Å². The van der Waals surface area contributed by atoms with Crippen LogP contribution in [-0.4, -0.2) is 20.4 Å². The molecule has 1 N–H and O–H groups in total. The van der Waals surface area contributed by atoms with Gasteiger partial charge in [0.2, 0.25) is 0 Å². The Bertz CT molecular complexity index is 1080. The third-order valence-electron chi connectivity index (χ3n) is 5.16. The molecule has 1 saturated carbocycles. The molecule has 3 heterocycles. The van der Waals surface area contributed by atoms with E-state index in [0.29, 0.717) is 17.3 Å². The summed E-state index contributed by atoms with van der Waals surface area (Å²) < 4.78 is 16.6. The lowest BCUT2D eigenvalue weighted by atomic mass is 10.1. The molecule has 136 valence electrons. The van der Waals surface area contributed by atoms with E-state index in [2.05, 4.69) is 32.2 Å². The van der Waals surface area contributed by atoms with E-state index in [1.165, 1.54) is 19.0 Å². The first-order valence-electron chi connectivity index (χ1n) is 9.23. The zero-order valence-electron chi connectivity index (χ0n) is 14.7. The first-order chi connectivity index (χ1) is 13.3. The van der Waals surface area contributed by atoms with E-state index in [1.807, 2.05) is 18.2 Å². The molecule has 4 nitrogen and oxygen atoms in total. The highest BCUT2D eigenvalue weighted by Gasteiger charge is 2.24. The Morgan fingerprint density at radius 2 is 1.93 bits per heavy atom.